The van der Waals surface area contributed by atoms with Gasteiger partial charge in [0, 0.05) is 6.07 Å². The molecule has 102 valence electrons. The van der Waals surface area contributed by atoms with Crippen molar-refractivity contribution >= 4 is 34.5 Å². The standard InChI is InChI=1S/C12H14ClN3O2S/c13-9-4-3-8(7-10(9)16(17)18)11(12(14)19)15-5-1-2-6-15/h3-4,7,11H,1-2,5-6H2,(H2,14,19). The van der Waals surface area contributed by atoms with E-state index < -0.39 is 4.92 Å². The van der Waals surface area contributed by atoms with Gasteiger partial charge in [-0.25, -0.2) is 0 Å². The molecule has 1 atom stereocenters. The molecule has 1 aliphatic rings. The van der Waals surface area contributed by atoms with Crippen LogP contribution in [0.25, 0.3) is 0 Å². The maximum Gasteiger partial charge on any atom is 0.288 e. The molecule has 1 unspecified atom stereocenters. The largest absolute Gasteiger partial charge is 0.392 e. The van der Waals surface area contributed by atoms with E-state index in [-0.39, 0.29) is 16.8 Å². The summed E-state index contributed by atoms with van der Waals surface area (Å²) in [6, 6.07) is 4.48. The smallest absolute Gasteiger partial charge is 0.288 e. The second-order valence-corrected chi connectivity index (χ2v) is 5.39. The lowest BCUT2D eigenvalue weighted by molar-refractivity contribution is -0.384. The van der Waals surface area contributed by atoms with Gasteiger partial charge in [0.2, 0.25) is 0 Å². The average molecular weight is 300 g/mol. The average Bonchev–Trinajstić information content (AvgIpc) is 2.84. The zero-order valence-corrected chi connectivity index (χ0v) is 11.8. The Morgan fingerprint density at radius 2 is 2.11 bits per heavy atom. The number of nitro benzene ring substituents is 1. The van der Waals surface area contributed by atoms with Gasteiger partial charge in [-0.15, -0.1) is 0 Å². The van der Waals surface area contributed by atoms with Crippen LogP contribution in [0.3, 0.4) is 0 Å². The van der Waals surface area contributed by atoms with E-state index in [0.29, 0.717) is 4.99 Å². The molecule has 0 bridgehead atoms. The fourth-order valence-electron chi connectivity index (χ4n) is 2.39. The molecule has 1 fully saturated rings. The van der Waals surface area contributed by atoms with Gasteiger partial charge in [0.05, 0.1) is 16.0 Å². The molecule has 0 radical (unpaired) electrons. The highest BCUT2D eigenvalue weighted by molar-refractivity contribution is 7.80. The van der Waals surface area contributed by atoms with Crippen molar-refractivity contribution in [2.75, 3.05) is 13.1 Å². The Balaban J connectivity index is 2.39. The Hall–Kier alpha value is -1.24. The quantitative estimate of drug-likeness (QED) is 0.526. The van der Waals surface area contributed by atoms with E-state index in [0.717, 1.165) is 31.5 Å². The van der Waals surface area contributed by atoms with Gasteiger partial charge in [0.15, 0.2) is 0 Å². The molecule has 1 aromatic carbocycles. The first-order valence-corrected chi connectivity index (χ1v) is 6.76. The predicted molar refractivity (Wildman–Crippen MR) is 78.4 cm³/mol. The van der Waals surface area contributed by atoms with Crippen molar-refractivity contribution in [1.29, 1.82) is 0 Å². The Labute approximate surface area is 121 Å². The first-order chi connectivity index (χ1) is 9.00. The summed E-state index contributed by atoms with van der Waals surface area (Å²) in [7, 11) is 0. The van der Waals surface area contributed by atoms with Crippen LogP contribution < -0.4 is 5.73 Å². The third-order valence-electron chi connectivity index (χ3n) is 3.26. The topological polar surface area (TPSA) is 72.4 Å². The van der Waals surface area contributed by atoms with Gasteiger partial charge in [-0.2, -0.15) is 0 Å². The van der Waals surface area contributed by atoms with Crippen molar-refractivity contribution in [3.8, 4) is 0 Å². The lowest BCUT2D eigenvalue weighted by Crippen LogP contribution is -2.34. The Kier molecular flexibility index (Phi) is 4.34. The molecule has 7 heteroatoms. The minimum atomic E-state index is -0.494. The van der Waals surface area contributed by atoms with Gasteiger partial charge < -0.3 is 5.73 Å². The van der Waals surface area contributed by atoms with Crippen molar-refractivity contribution in [1.82, 2.24) is 4.90 Å². The van der Waals surface area contributed by atoms with Gasteiger partial charge in [0.1, 0.15) is 5.02 Å². The first-order valence-electron chi connectivity index (χ1n) is 5.98. The molecule has 5 nitrogen and oxygen atoms in total. The van der Waals surface area contributed by atoms with Crippen LogP contribution in [0.15, 0.2) is 18.2 Å². The molecule has 19 heavy (non-hydrogen) atoms. The molecule has 0 aliphatic carbocycles. The Morgan fingerprint density at radius 3 is 2.63 bits per heavy atom. The van der Waals surface area contributed by atoms with Crippen LogP contribution in [0.2, 0.25) is 5.02 Å². The van der Waals surface area contributed by atoms with Crippen LogP contribution in [0.5, 0.6) is 0 Å². The second kappa shape index (κ2) is 5.81. The highest BCUT2D eigenvalue weighted by atomic mass is 35.5. The second-order valence-electron chi connectivity index (χ2n) is 4.52. The molecule has 1 saturated heterocycles. The van der Waals surface area contributed by atoms with Crippen LogP contribution in [-0.4, -0.2) is 27.9 Å². The third-order valence-corrected chi connectivity index (χ3v) is 3.80. The number of rotatable bonds is 4. The summed E-state index contributed by atoms with van der Waals surface area (Å²) in [4.78, 5) is 12.9. The molecular weight excluding hydrogens is 286 g/mol. The molecule has 2 rings (SSSR count). The molecule has 0 aromatic heterocycles. The van der Waals surface area contributed by atoms with Crippen molar-refractivity contribution in [3.63, 3.8) is 0 Å². The lowest BCUT2D eigenvalue weighted by atomic mass is 10.0. The Bertz CT molecular complexity index is 518. The van der Waals surface area contributed by atoms with Gasteiger partial charge in [-0.3, -0.25) is 15.0 Å². The van der Waals surface area contributed by atoms with Crippen molar-refractivity contribution in [2.45, 2.75) is 18.9 Å². The molecule has 1 heterocycles. The summed E-state index contributed by atoms with van der Waals surface area (Å²) in [5, 5.41) is 11.1. The van der Waals surface area contributed by atoms with Crippen LogP contribution in [-0.2, 0) is 0 Å². The zero-order chi connectivity index (χ0) is 14.0. The molecule has 1 aromatic rings. The van der Waals surface area contributed by atoms with Crippen LogP contribution in [0.4, 0.5) is 5.69 Å². The highest BCUT2D eigenvalue weighted by Gasteiger charge is 2.27. The Morgan fingerprint density at radius 1 is 1.47 bits per heavy atom. The number of hydrogen-bond donors (Lipinski definition) is 1. The van der Waals surface area contributed by atoms with Gasteiger partial charge in [0.25, 0.3) is 5.69 Å². The first kappa shape index (κ1) is 14.2. The van der Waals surface area contributed by atoms with Crippen LogP contribution in [0, 0.1) is 10.1 Å². The molecule has 1 aliphatic heterocycles. The molecule has 2 N–H and O–H groups in total. The summed E-state index contributed by atoms with van der Waals surface area (Å²) < 4.78 is 0. The number of thiocarbonyl (C=S) groups is 1. The SMILES string of the molecule is NC(=S)C(c1ccc(Cl)c([N+](=O)[O-])c1)N1CCCC1. The number of halogens is 1. The highest BCUT2D eigenvalue weighted by Crippen LogP contribution is 2.31. The summed E-state index contributed by atoms with van der Waals surface area (Å²) in [5.41, 5.74) is 6.42. The van der Waals surface area contributed by atoms with E-state index in [2.05, 4.69) is 4.90 Å². The van der Waals surface area contributed by atoms with Gasteiger partial charge >= 0.3 is 0 Å². The minimum Gasteiger partial charge on any atom is -0.392 e. The van der Waals surface area contributed by atoms with Gasteiger partial charge in [-0.1, -0.05) is 29.9 Å². The van der Waals surface area contributed by atoms with E-state index in [4.69, 9.17) is 29.6 Å². The van der Waals surface area contributed by atoms with Crippen molar-refractivity contribution in [3.05, 3.63) is 38.9 Å². The van der Waals surface area contributed by atoms with Gasteiger partial charge in [-0.05, 0) is 37.6 Å². The molecular formula is C12H14ClN3O2S. The van der Waals surface area contributed by atoms with E-state index >= 15 is 0 Å². The number of nitro groups is 1. The van der Waals surface area contributed by atoms with Crippen molar-refractivity contribution < 1.29 is 4.92 Å². The summed E-state index contributed by atoms with van der Waals surface area (Å²) in [6.07, 6.45) is 2.18. The molecule has 0 amide bonds. The van der Waals surface area contributed by atoms with E-state index in [1.54, 1.807) is 6.07 Å². The van der Waals surface area contributed by atoms with Crippen LogP contribution >= 0.6 is 23.8 Å². The zero-order valence-electron chi connectivity index (χ0n) is 10.2. The minimum absolute atomic E-state index is 0.111. The summed E-state index contributed by atoms with van der Waals surface area (Å²) in [6.45, 7) is 1.80. The lowest BCUT2D eigenvalue weighted by Gasteiger charge is -2.26. The molecule has 0 saturated carbocycles. The summed E-state index contributed by atoms with van der Waals surface area (Å²) >= 11 is 10.9. The predicted octanol–water partition coefficient (Wildman–Crippen LogP) is 2.67. The number of nitrogens with zero attached hydrogens (tertiary/aromatic N) is 2. The number of likely N-dealkylation sites (tertiary alicyclic amines) is 1. The maximum absolute atomic E-state index is 10.9. The number of benzene rings is 1. The number of nitrogens with two attached hydrogens (primary N) is 1. The van der Waals surface area contributed by atoms with E-state index in [1.807, 2.05) is 0 Å². The number of hydrogen-bond acceptors (Lipinski definition) is 4. The maximum atomic E-state index is 10.9. The normalized spacial score (nSPS) is 17.3. The van der Waals surface area contributed by atoms with E-state index in [1.165, 1.54) is 12.1 Å². The summed E-state index contributed by atoms with van der Waals surface area (Å²) in [5.74, 6) is 0. The fraction of sp³-hybridized carbons (Fsp3) is 0.417. The van der Waals surface area contributed by atoms with E-state index in [9.17, 15) is 10.1 Å². The molecule has 0 spiro atoms. The van der Waals surface area contributed by atoms with Crippen LogP contribution in [0.1, 0.15) is 24.4 Å². The monoisotopic (exact) mass is 299 g/mol. The van der Waals surface area contributed by atoms with Crippen molar-refractivity contribution in [2.24, 2.45) is 5.73 Å². The third kappa shape index (κ3) is 3.02. The fourth-order valence-corrected chi connectivity index (χ4v) is 2.87.